The lowest BCUT2D eigenvalue weighted by Crippen LogP contribution is -2.30. The van der Waals surface area contributed by atoms with E-state index in [0.29, 0.717) is 19.6 Å². The Morgan fingerprint density at radius 2 is 2.13 bits per heavy atom. The number of carbonyl (C=O) groups excluding carboxylic acids is 1. The van der Waals surface area contributed by atoms with Crippen LogP contribution < -0.4 is 5.32 Å². The molecule has 0 aliphatic heterocycles. The van der Waals surface area contributed by atoms with Crippen LogP contribution in [-0.2, 0) is 14.3 Å². The fourth-order valence-electron chi connectivity index (χ4n) is 1.12. The maximum atomic E-state index is 10.1. The first-order valence-electron chi connectivity index (χ1n) is 5.35. The lowest BCUT2D eigenvalue weighted by atomic mass is 10.1. The maximum Gasteiger partial charge on any atom is 0.207 e. The predicted molar refractivity (Wildman–Crippen MR) is 59.8 cm³/mol. The van der Waals surface area contributed by atoms with Crippen molar-refractivity contribution in [2.45, 2.75) is 45.3 Å². The topological polar surface area (TPSA) is 47.6 Å². The molecular formula is C11H23NO3. The van der Waals surface area contributed by atoms with Crippen molar-refractivity contribution in [3.63, 3.8) is 0 Å². The molecule has 0 bridgehead atoms. The van der Waals surface area contributed by atoms with Crippen LogP contribution in [0.2, 0.25) is 0 Å². The molecule has 0 radical (unpaired) electrons. The van der Waals surface area contributed by atoms with Crippen molar-refractivity contribution in [1.82, 2.24) is 5.32 Å². The molecule has 1 atom stereocenters. The van der Waals surface area contributed by atoms with E-state index in [1.54, 1.807) is 7.11 Å². The van der Waals surface area contributed by atoms with Crippen molar-refractivity contribution in [2.24, 2.45) is 0 Å². The molecular weight excluding hydrogens is 194 g/mol. The molecule has 4 heteroatoms. The summed E-state index contributed by atoms with van der Waals surface area (Å²) in [5, 5.41) is 2.63. The summed E-state index contributed by atoms with van der Waals surface area (Å²) < 4.78 is 10.8. The van der Waals surface area contributed by atoms with Gasteiger partial charge in [0.15, 0.2) is 0 Å². The summed E-state index contributed by atoms with van der Waals surface area (Å²) in [6.45, 7) is 7.40. The first-order valence-corrected chi connectivity index (χ1v) is 5.35. The zero-order valence-corrected chi connectivity index (χ0v) is 10.2. The van der Waals surface area contributed by atoms with E-state index >= 15 is 0 Å². The highest BCUT2D eigenvalue weighted by Gasteiger charge is 2.17. The highest BCUT2D eigenvalue weighted by Crippen LogP contribution is 2.14. The number of methoxy groups -OCH3 is 1. The largest absolute Gasteiger partial charge is 0.382 e. The van der Waals surface area contributed by atoms with Crippen LogP contribution in [0.15, 0.2) is 0 Å². The molecule has 0 aliphatic carbocycles. The predicted octanol–water partition coefficient (Wildman–Crippen LogP) is 1.34. The Kier molecular flexibility index (Phi) is 7.34. The highest BCUT2D eigenvalue weighted by atomic mass is 16.5. The van der Waals surface area contributed by atoms with Crippen LogP contribution in [-0.4, -0.2) is 38.4 Å². The van der Waals surface area contributed by atoms with Crippen molar-refractivity contribution in [2.75, 3.05) is 20.3 Å². The minimum Gasteiger partial charge on any atom is -0.382 e. The molecule has 90 valence electrons. The summed E-state index contributed by atoms with van der Waals surface area (Å²) in [6.07, 6.45) is 2.64. The molecule has 0 saturated carbocycles. The minimum atomic E-state index is -0.191. The summed E-state index contributed by atoms with van der Waals surface area (Å²) in [5.74, 6) is 0. The average molecular weight is 217 g/mol. The second kappa shape index (κ2) is 7.65. The molecule has 0 aromatic rings. The number of rotatable bonds is 9. The molecule has 0 saturated heterocycles. The molecule has 0 heterocycles. The van der Waals surface area contributed by atoms with Crippen LogP contribution in [0, 0.1) is 0 Å². The average Bonchev–Trinajstić information content (AvgIpc) is 2.17. The Bertz CT molecular complexity index is 171. The molecule has 1 amide bonds. The maximum absolute atomic E-state index is 10.1. The first kappa shape index (κ1) is 14.4. The van der Waals surface area contributed by atoms with Gasteiger partial charge < -0.3 is 14.8 Å². The Hall–Kier alpha value is -0.610. The SMILES string of the molecule is COC(C)CCOC(C)(C)CCNC=O. The third-order valence-electron chi connectivity index (χ3n) is 2.37. The van der Waals surface area contributed by atoms with E-state index in [9.17, 15) is 4.79 Å². The van der Waals surface area contributed by atoms with E-state index in [0.717, 1.165) is 12.8 Å². The molecule has 15 heavy (non-hydrogen) atoms. The van der Waals surface area contributed by atoms with Gasteiger partial charge >= 0.3 is 0 Å². The lowest BCUT2D eigenvalue weighted by molar-refractivity contribution is -0.109. The van der Waals surface area contributed by atoms with Crippen molar-refractivity contribution >= 4 is 6.41 Å². The standard InChI is InChI=1S/C11H23NO3/c1-10(14-4)5-8-15-11(2,3)6-7-12-9-13/h9-10H,5-8H2,1-4H3,(H,12,13). The van der Waals surface area contributed by atoms with E-state index in [2.05, 4.69) is 5.32 Å². The fraction of sp³-hybridized carbons (Fsp3) is 0.909. The van der Waals surface area contributed by atoms with Gasteiger partial charge in [0.1, 0.15) is 0 Å². The number of hydrogen-bond acceptors (Lipinski definition) is 3. The molecule has 0 aromatic carbocycles. The Morgan fingerprint density at radius 3 is 2.67 bits per heavy atom. The third kappa shape index (κ3) is 8.39. The van der Waals surface area contributed by atoms with Gasteiger partial charge in [0.25, 0.3) is 0 Å². The molecule has 0 spiro atoms. The Labute approximate surface area is 92.3 Å². The molecule has 0 fully saturated rings. The number of hydrogen-bond donors (Lipinski definition) is 1. The smallest absolute Gasteiger partial charge is 0.207 e. The van der Waals surface area contributed by atoms with Gasteiger partial charge in [-0.2, -0.15) is 0 Å². The number of ether oxygens (including phenoxy) is 2. The minimum absolute atomic E-state index is 0.191. The normalized spacial score (nSPS) is 13.6. The second-order valence-corrected chi connectivity index (χ2v) is 4.27. The first-order chi connectivity index (χ1) is 7.02. The number of nitrogens with one attached hydrogen (secondary N) is 1. The Balaban J connectivity index is 3.58. The summed E-state index contributed by atoms with van der Waals surface area (Å²) in [6, 6.07) is 0. The van der Waals surface area contributed by atoms with Crippen molar-refractivity contribution in [3.05, 3.63) is 0 Å². The van der Waals surface area contributed by atoms with Gasteiger partial charge in [-0.25, -0.2) is 0 Å². The number of carbonyl (C=O) groups is 1. The van der Waals surface area contributed by atoms with Crippen molar-refractivity contribution < 1.29 is 14.3 Å². The van der Waals surface area contributed by atoms with Crippen molar-refractivity contribution in [3.8, 4) is 0 Å². The second-order valence-electron chi connectivity index (χ2n) is 4.27. The van der Waals surface area contributed by atoms with Crippen LogP contribution in [0.25, 0.3) is 0 Å². The van der Waals surface area contributed by atoms with Crippen LogP contribution in [0.4, 0.5) is 0 Å². The fourth-order valence-corrected chi connectivity index (χ4v) is 1.12. The van der Waals surface area contributed by atoms with Crippen LogP contribution in [0.1, 0.15) is 33.6 Å². The molecule has 1 N–H and O–H groups in total. The van der Waals surface area contributed by atoms with E-state index in [1.807, 2.05) is 20.8 Å². The van der Waals surface area contributed by atoms with Gasteiger partial charge in [0.05, 0.1) is 11.7 Å². The van der Waals surface area contributed by atoms with Crippen LogP contribution in [0.5, 0.6) is 0 Å². The monoisotopic (exact) mass is 217 g/mol. The Morgan fingerprint density at radius 1 is 1.47 bits per heavy atom. The van der Waals surface area contributed by atoms with Gasteiger partial charge in [-0.15, -0.1) is 0 Å². The van der Waals surface area contributed by atoms with E-state index < -0.39 is 0 Å². The summed E-state index contributed by atoms with van der Waals surface area (Å²) in [5.41, 5.74) is -0.191. The zero-order valence-electron chi connectivity index (χ0n) is 10.2. The van der Waals surface area contributed by atoms with E-state index in [1.165, 1.54) is 0 Å². The van der Waals surface area contributed by atoms with Gasteiger partial charge in [-0.3, -0.25) is 4.79 Å². The molecule has 4 nitrogen and oxygen atoms in total. The molecule has 0 rings (SSSR count). The molecule has 1 unspecified atom stereocenters. The van der Waals surface area contributed by atoms with Crippen molar-refractivity contribution in [1.29, 1.82) is 0 Å². The number of amides is 1. The molecule has 0 aromatic heterocycles. The summed E-state index contributed by atoms with van der Waals surface area (Å²) in [4.78, 5) is 10.1. The lowest BCUT2D eigenvalue weighted by Gasteiger charge is -2.25. The van der Waals surface area contributed by atoms with Crippen LogP contribution in [0.3, 0.4) is 0 Å². The summed E-state index contributed by atoms with van der Waals surface area (Å²) in [7, 11) is 1.70. The van der Waals surface area contributed by atoms with Crippen LogP contribution >= 0.6 is 0 Å². The quantitative estimate of drug-likeness (QED) is 0.468. The van der Waals surface area contributed by atoms with Gasteiger partial charge in [-0.1, -0.05) is 0 Å². The van der Waals surface area contributed by atoms with E-state index in [-0.39, 0.29) is 11.7 Å². The third-order valence-corrected chi connectivity index (χ3v) is 2.37. The summed E-state index contributed by atoms with van der Waals surface area (Å²) >= 11 is 0. The van der Waals surface area contributed by atoms with E-state index in [4.69, 9.17) is 9.47 Å². The zero-order chi connectivity index (χ0) is 11.7. The van der Waals surface area contributed by atoms with Gasteiger partial charge in [0, 0.05) is 20.3 Å². The highest BCUT2D eigenvalue weighted by molar-refractivity contribution is 5.45. The van der Waals surface area contributed by atoms with Gasteiger partial charge in [0.2, 0.25) is 6.41 Å². The van der Waals surface area contributed by atoms with Gasteiger partial charge in [-0.05, 0) is 33.6 Å². The molecule has 0 aliphatic rings.